The molecule has 0 bridgehead atoms. The molecule has 1 aliphatic rings. The van der Waals surface area contributed by atoms with Crippen molar-refractivity contribution in [2.75, 3.05) is 20.2 Å². The molecule has 1 aromatic heterocycles. The third-order valence-corrected chi connectivity index (χ3v) is 3.49. The van der Waals surface area contributed by atoms with Crippen LogP contribution in [0.3, 0.4) is 0 Å². The molecule has 0 saturated carbocycles. The van der Waals surface area contributed by atoms with Gasteiger partial charge in [0.1, 0.15) is 0 Å². The molecule has 0 aliphatic carbocycles. The molecular weight excluding hydrogens is 250 g/mol. The number of halogens is 1. The van der Waals surface area contributed by atoms with Crippen LogP contribution in [0.5, 0.6) is 0 Å². The molecule has 1 saturated heterocycles. The molecule has 5 heteroatoms. The van der Waals surface area contributed by atoms with Crippen molar-refractivity contribution in [1.29, 1.82) is 0 Å². The van der Waals surface area contributed by atoms with Crippen molar-refractivity contribution in [3.63, 3.8) is 0 Å². The zero-order valence-corrected chi connectivity index (χ0v) is 11.6. The van der Waals surface area contributed by atoms with Gasteiger partial charge < -0.3 is 10.5 Å². The quantitative estimate of drug-likeness (QED) is 0.900. The van der Waals surface area contributed by atoms with E-state index in [4.69, 9.17) is 10.5 Å². The van der Waals surface area contributed by atoms with Crippen molar-refractivity contribution < 1.29 is 4.74 Å². The van der Waals surface area contributed by atoms with Gasteiger partial charge in [-0.1, -0.05) is 6.07 Å². The van der Waals surface area contributed by atoms with E-state index in [1.807, 2.05) is 18.3 Å². The first-order valence-corrected chi connectivity index (χ1v) is 6.20. The van der Waals surface area contributed by atoms with Gasteiger partial charge in [-0.3, -0.25) is 9.88 Å². The van der Waals surface area contributed by atoms with E-state index in [0.717, 1.165) is 31.6 Å². The Kier molecular flexibility index (Phi) is 6.57. The van der Waals surface area contributed by atoms with E-state index in [9.17, 15) is 0 Å². The lowest BCUT2D eigenvalue weighted by Crippen LogP contribution is -2.48. The van der Waals surface area contributed by atoms with Crippen molar-refractivity contribution >= 4 is 12.4 Å². The number of nitrogens with zero attached hydrogens (tertiary/aromatic N) is 2. The summed E-state index contributed by atoms with van der Waals surface area (Å²) in [5.41, 5.74) is 6.96. The molecule has 2 heterocycles. The number of pyridine rings is 1. The van der Waals surface area contributed by atoms with Gasteiger partial charge in [-0.15, -0.1) is 12.4 Å². The Bertz CT molecular complexity index is 336. The summed E-state index contributed by atoms with van der Waals surface area (Å²) >= 11 is 0. The minimum absolute atomic E-state index is 0. The molecule has 2 N–H and O–H groups in total. The minimum Gasteiger partial charge on any atom is -0.381 e. The topological polar surface area (TPSA) is 51.4 Å². The van der Waals surface area contributed by atoms with Gasteiger partial charge in [0.2, 0.25) is 0 Å². The Labute approximate surface area is 115 Å². The summed E-state index contributed by atoms with van der Waals surface area (Å²) in [4.78, 5) is 6.78. The highest BCUT2D eigenvalue weighted by molar-refractivity contribution is 5.85. The molecule has 2 atom stereocenters. The van der Waals surface area contributed by atoms with Crippen LogP contribution in [-0.4, -0.2) is 42.2 Å². The molecule has 0 radical (unpaired) electrons. The average Bonchev–Trinajstić information content (AvgIpc) is 2.40. The predicted molar refractivity (Wildman–Crippen MR) is 74.8 cm³/mol. The number of hydrogen-bond acceptors (Lipinski definition) is 4. The van der Waals surface area contributed by atoms with E-state index in [2.05, 4.69) is 16.0 Å². The van der Waals surface area contributed by atoms with E-state index < -0.39 is 0 Å². The van der Waals surface area contributed by atoms with Crippen molar-refractivity contribution in [1.82, 2.24) is 9.88 Å². The molecule has 2 unspecified atom stereocenters. The number of hydrogen-bond donors (Lipinski definition) is 1. The van der Waals surface area contributed by atoms with E-state index >= 15 is 0 Å². The summed E-state index contributed by atoms with van der Waals surface area (Å²) in [7, 11) is 1.78. The van der Waals surface area contributed by atoms with Gasteiger partial charge in [-0.2, -0.15) is 0 Å². The predicted octanol–water partition coefficient (Wildman–Crippen LogP) is 1.44. The molecule has 1 fully saturated rings. The summed E-state index contributed by atoms with van der Waals surface area (Å²) in [6, 6.07) is 6.45. The number of ether oxygens (including phenoxy) is 1. The van der Waals surface area contributed by atoms with Gasteiger partial charge in [0, 0.05) is 39.0 Å². The number of likely N-dealkylation sites (tertiary alicyclic amines) is 1. The van der Waals surface area contributed by atoms with Crippen molar-refractivity contribution in [2.45, 2.75) is 31.5 Å². The van der Waals surface area contributed by atoms with Crippen LogP contribution >= 0.6 is 12.4 Å². The minimum atomic E-state index is 0. The standard InChI is InChI=1S/C13H21N3O.ClH/c1-17-13-5-7-16(12(8-13)9-14)10-11-4-2-3-6-15-11;/h2-4,6,12-13H,5,7-10,14H2,1H3;1H. The SMILES string of the molecule is COC1CCN(Cc2ccccn2)C(CN)C1.Cl. The normalized spacial score (nSPS) is 24.6. The summed E-state index contributed by atoms with van der Waals surface area (Å²) < 4.78 is 5.42. The molecule has 18 heavy (non-hydrogen) atoms. The second-order valence-corrected chi connectivity index (χ2v) is 4.56. The summed E-state index contributed by atoms with van der Waals surface area (Å²) in [5, 5.41) is 0. The van der Waals surface area contributed by atoms with Crippen molar-refractivity contribution in [3.05, 3.63) is 30.1 Å². The molecule has 1 aliphatic heterocycles. The van der Waals surface area contributed by atoms with Crippen LogP contribution < -0.4 is 5.73 Å². The first kappa shape index (κ1) is 15.4. The van der Waals surface area contributed by atoms with Gasteiger partial charge in [0.05, 0.1) is 11.8 Å². The zero-order chi connectivity index (χ0) is 12.1. The highest BCUT2D eigenvalue weighted by atomic mass is 35.5. The van der Waals surface area contributed by atoms with Gasteiger partial charge in [0.25, 0.3) is 0 Å². The fraction of sp³-hybridized carbons (Fsp3) is 0.615. The van der Waals surface area contributed by atoms with Crippen LogP contribution in [0.2, 0.25) is 0 Å². The highest BCUT2D eigenvalue weighted by Crippen LogP contribution is 2.20. The highest BCUT2D eigenvalue weighted by Gasteiger charge is 2.27. The van der Waals surface area contributed by atoms with Gasteiger partial charge in [0.15, 0.2) is 0 Å². The maximum Gasteiger partial charge on any atom is 0.0599 e. The Morgan fingerprint density at radius 2 is 2.33 bits per heavy atom. The Balaban J connectivity index is 0.00000162. The number of aromatic nitrogens is 1. The lowest BCUT2D eigenvalue weighted by atomic mass is 9.99. The summed E-state index contributed by atoms with van der Waals surface area (Å²) in [5.74, 6) is 0. The smallest absolute Gasteiger partial charge is 0.0599 e. The summed E-state index contributed by atoms with van der Waals surface area (Å²) in [6.07, 6.45) is 4.32. The molecule has 2 rings (SSSR count). The van der Waals surface area contributed by atoms with Gasteiger partial charge >= 0.3 is 0 Å². The Morgan fingerprint density at radius 3 is 2.94 bits per heavy atom. The average molecular weight is 272 g/mol. The van der Waals surface area contributed by atoms with Crippen LogP contribution in [0.4, 0.5) is 0 Å². The number of piperidine rings is 1. The van der Waals surface area contributed by atoms with Crippen LogP contribution in [0, 0.1) is 0 Å². The lowest BCUT2D eigenvalue weighted by molar-refractivity contribution is 0.00978. The molecular formula is C13H22ClN3O. The second-order valence-electron chi connectivity index (χ2n) is 4.56. The van der Waals surface area contributed by atoms with E-state index in [-0.39, 0.29) is 12.4 Å². The lowest BCUT2D eigenvalue weighted by Gasteiger charge is -2.38. The Morgan fingerprint density at radius 1 is 1.50 bits per heavy atom. The number of rotatable bonds is 4. The Hall–Kier alpha value is -0.680. The van der Waals surface area contributed by atoms with Crippen LogP contribution in [0.15, 0.2) is 24.4 Å². The van der Waals surface area contributed by atoms with Gasteiger partial charge in [-0.05, 0) is 25.0 Å². The fourth-order valence-electron chi connectivity index (χ4n) is 2.43. The van der Waals surface area contributed by atoms with Crippen LogP contribution in [0.25, 0.3) is 0 Å². The largest absolute Gasteiger partial charge is 0.381 e. The van der Waals surface area contributed by atoms with E-state index in [0.29, 0.717) is 18.7 Å². The third kappa shape index (κ3) is 3.92. The number of nitrogens with two attached hydrogens (primary N) is 1. The van der Waals surface area contributed by atoms with Crippen LogP contribution in [-0.2, 0) is 11.3 Å². The first-order chi connectivity index (χ1) is 8.33. The molecule has 0 spiro atoms. The van der Waals surface area contributed by atoms with Crippen LogP contribution in [0.1, 0.15) is 18.5 Å². The van der Waals surface area contributed by atoms with E-state index in [1.54, 1.807) is 7.11 Å². The maximum atomic E-state index is 5.85. The number of methoxy groups -OCH3 is 1. The molecule has 102 valence electrons. The molecule has 0 amide bonds. The van der Waals surface area contributed by atoms with Gasteiger partial charge in [-0.25, -0.2) is 0 Å². The fourth-order valence-corrected chi connectivity index (χ4v) is 2.43. The molecule has 0 aromatic carbocycles. The molecule has 1 aromatic rings. The van der Waals surface area contributed by atoms with Crippen molar-refractivity contribution in [3.8, 4) is 0 Å². The monoisotopic (exact) mass is 271 g/mol. The first-order valence-electron chi connectivity index (χ1n) is 6.20. The zero-order valence-electron chi connectivity index (χ0n) is 10.8. The molecule has 4 nitrogen and oxygen atoms in total. The van der Waals surface area contributed by atoms with Crippen molar-refractivity contribution in [2.24, 2.45) is 5.73 Å². The van der Waals surface area contributed by atoms with E-state index in [1.165, 1.54) is 0 Å². The third-order valence-electron chi connectivity index (χ3n) is 3.49. The maximum absolute atomic E-state index is 5.85. The second kappa shape index (κ2) is 7.69. The summed E-state index contributed by atoms with van der Waals surface area (Å²) in [6.45, 7) is 2.61.